The van der Waals surface area contributed by atoms with Crippen molar-refractivity contribution in [2.45, 2.75) is 24.8 Å². The Hall–Kier alpha value is -2.18. The maximum absolute atomic E-state index is 11.5. The zero-order valence-electron chi connectivity index (χ0n) is 9.94. The average molecular weight is 247 g/mol. The van der Waals surface area contributed by atoms with Crippen LogP contribution in [0.15, 0.2) is 18.7 Å². The van der Waals surface area contributed by atoms with Crippen molar-refractivity contribution < 1.29 is 9.90 Å². The minimum Gasteiger partial charge on any atom is -0.479 e. The Balaban J connectivity index is 2.09. The number of aromatic nitrogens is 5. The van der Waals surface area contributed by atoms with Crippen molar-refractivity contribution in [3.63, 3.8) is 0 Å². The number of aryl methyl sites for hydroxylation is 1. The maximum Gasteiger partial charge on any atom is 0.329 e. The van der Waals surface area contributed by atoms with Crippen LogP contribution in [0, 0.1) is 0 Å². The molecule has 0 unspecified atom stereocenters. The molecular weight excluding hydrogens is 234 g/mol. The van der Waals surface area contributed by atoms with Crippen LogP contribution in [0.3, 0.4) is 0 Å². The van der Waals surface area contributed by atoms with E-state index >= 15 is 0 Å². The van der Waals surface area contributed by atoms with Crippen molar-refractivity contribution >= 4 is 5.97 Å². The average Bonchev–Trinajstić information content (AvgIpc) is 2.84. The Morgan fingerprint density at radius 2 is 2.28 bits per heavy atom. The summed E-state index contributed by atoms with van der Waals surface area (Å²) in [5.74, 6) is -0.260. The first kappa shape index (κ1) is 10.9. The molecule has 0 amide bonds. The Morgan fingerprint density at radius 1 is 1.50 bits per heavy atom. The van der Waals surface area contributed by atoms with Crippen LogP contribution in [-0.2, 0) is 17.4 Å². The topological polar surface area (TPSA) is 85.8 Å². The van der Waals surface area contributed by atoms with Crippen molar-refractivity contribution in [2.24, 2.45) is 7.05 Å². The van der Waals surface area contributed by atoms with Crippen LogP contribution in [0.1, 0.15) is 19.3 Å². The van der Waals surface area contributed by atoms with Crippen LogP contribution >= 0.6 is 0 Å². The Bertz CT molecular complexity index is 596. The second kappa shape index (κ2) is 3.66. The fourth-order valence-electron chi connectivity index (χ4n) is 2.35. The van der Waals surface area contributed by atoms with Gasteiger partial charge in [0.05, 0.1) is 11.8 Å². The van der Waals surface area contributed by atoms with Crippen molar-refractivity contribution in [3.05, 3.63) is 18.7 Å². The Kier molecular flexibility index (Phi) is 2.22. The number of carbonyl (C=O) groups is 1. The maximum atomic E-state index is 11.5. The highest BCUT2D eigenvalue weighted by Gasteiger charge is 2.47. The van der Waals surface area contributed by atoms with Crippen LogP contribution in [0.4, 0.5) is 0 Å². The van der Waals surface area contributed by atoms with Gasteiger partial charge in [-0.1, -0.05) is 0 Å². The summed E-state index contributed by atoms with van der Waals surface area (Å²) in [6.07, 6.45) is 7.11. The lowest BCUT2D eigenvalue weighted by atomic mass is 9.76. The van der Waals surface area contributed by atoms with Gasteiger partial charge in [-0.05, 0) is 19.3 Å². The number of carboxylic acid groups (broad SMARTS) is 1. The summed E-state index contributed by atoms with van der Waals surface area (Å²) < 4.78 is 3.32. The van der Waals surface area contributed by atoms with E-state index in [1.54, 1.807) is 28.7 Å². The third kappa shape index (κ3) is 1.36. The zero-order chi connectivity index (χ0) is 12.8. The fraction of sp³-hybridized carbons (Fsp3) is 0.455. The third-order valence-electron chi connectivity index (χ3n) is 3.55. The van der Waals surface area contributed by atoms with Crippen molar-refractivity contribution in [1.82, 2.24) is 24.5 Å². The summed E-state index contributed by atoms with van der Waals surface area (Å²) in [6.45, 7) is 0. The number of aliphatic carboxylic acids is 1. The Morgan fingerprint density at radius 3 is 2.78 bits per heavy atom. The van der Waals surface area contributed by atoms with Crippen LogP contribution in [0.5, 0.6) is 0 Å². The van der Waals surface area contributed by atoms with E-state index in [9.17, 15) is 9.90 Å². The lowest BCUT2D eigenvalue weighted by Crippen LogP contribution is -2.47. The predicted molar refractivity (Wildman–Crippen MR) is 61.7 cm³/mol. The van der Waals surface area contributed by atoms with E-state index in [2.05, 4.69) is 15.3 Å². The highest BCUT2D eigenvalue weighted by atomic mass is 16.4. The minimum absolute atomic E-state index is 0.560. The van der Waals surface area contributed by atoms with Crippen LogP contribution in [-0.4, -0.2) is 35.6 Å². The molecule has 1 N–H and O–H groups in total. The molecule has 0 aliphatic heterocycles. The third-order valence-corrected chi connectivity index (χ3v) is 3.55. The standard InChI is InChI=1S/C11H13N5O2/c1-15-6-8(5-13-15)9-14-12-7-16(9)11(10(17)18)3-2-4-11/h5-7H,2-4H2,1H3,(H,17,18). The van der Waals surface area contributed by atoms with Crippen LogP contribution in [0.25, 0.3) is 11.4 Å². The molecule has 1 aliphatic carbocycles. The number of hydrogen-bond acceptors (Lipinski definition) is 4. The molecule has 0 spiro atoms. The van der Waals surface area contributed by atoms with Gasteiger partial charge in [0, 0.05) is 13.2 Å². The summed E-state index contributed by atoms with van der Waals surface area (Å²) in [6, 6.07) is 0. The van der Waals surface area contributed by atoms with Gasteiger partial charge in [-0.2, -0.15) is 5.10 Å². The summed E-state index contributed by atoms with van der Waals surface area (Å²) in [5, 5.41) is 21.4. The van der Waals surface area contributed by atoms with Crippen molar-refractivity contribution in [2.75, 3.05) is 0 Å². The molecule has 0 saturated heterocycles. The van der Waals surface area contributed by atoms with E-state index < -0.39 is 11.5 Å². The molecule has 2 heterocycles. The van der Waals surface area contributed by atoms with E-state index in [4.69, 9.17) is 0 Å². The van der Waals surface area contributed by atoms with Gasteiger partial charge in [0.1, 0.15) is 11.9 Å². The second-order valence-corrected chi connectivity index (χ2v) is 4.62. The molecule has 7 nitrogen and oxygen atoms in total. The second-order valence-electron chi connectivity index (χ2n) is 4.62. The normalized spacial score (nSPS) is 17.4. The molecule has 2 aromatic heterocycles. The van der Waals surface area contributed by atoms with Crippen LogP contribution in [0.2, 0.25) is 0 Å². The predicted octanol–water partition coefficient (Wildman–Crippen LogP) is 0.642. The van der Waals surface area contributed by atoms with Gasteiger partial charge in [0.25, 0.3) is 0 Å². The smallest absolute Gasteiger partial charge is 0.329 e. The van der Waals surface area contributed by atoms with E-state index in [-0.39, 0.29) is 0 Å². The molecular formula is C11H13N5O2. The largest absolute Gasteiger partial charge is 0.479 e. The van der Waals surface area contributed by atoms with Gasteiger partial charge < -0.3 is 5.11 Å². The molecule has 3 rings (SSSR count). The van der Waals surface area contributed by atoms with Gasteiger partial charge in [0.2, 0.25) is 0 Å². The quantitative estimate of drug-likeness (QED) is 0.860. The molecule has 0 bridgehead atoms. The summed E-state index contributed by atoms with van der Waals surface area (Å²) in [5.41, 5.74) is -0.100. The lowest BCUT2D eigenvalue weighted by Gasteiger charge is -2.39. The molecule has 0 atom stereocenters. The highest BCUT2D eigenvalue weighted by Crippen LogP contribution is 2.41. The van der Waals surface area contributed by atoms with Crippen LogP contribution < -0.4 is 0 Å². The molecule has 1 aliphatic rings. The zero-order valence-corrected chi connectivity index (χ0v) is 9.94. The summed E-state index contributed by atoms with van der Waals surface area (Å²) in [4.78, 5) is 11.5. The molecule has 18 heavy (non-hydrogen) atoms. The number of carboxylic acids is 1. The molecule has 2 aromatic rings. The first-order chi connectivity index (χ1) is 8.63. The van der Waals surface area contributed by atoms with Gasteiger partial charge in [0.15, 0.2) is 5.82 Å². The van der Waals surface area contributed by atoms with Gasteiger partial charge in [-0.25, -0.2) is 4.79 Å². The lowest BCUT2D eigenvalue weighted by molar-refractivity contribution is -0.152. The van der Waals surface area contributed by atoms with Gasteiger partial charge >= 0.3 is 5.97 Å². The SMILES string of the molecule is Cn1cc(-c2nncn2C2(C(=O)O)CCC2)cn1. The van der Waals surface area contributed by atoms with Crippen molar-refractivity contribution in [3.8, 4) is 11.4 Å². The number of rotatable bonds is 3. The van der Waals surface area contributed by atoms with E-state index in [1.165, 1.54) is 6.33 Å². The molecule has 94 valence electrons. The first-order valence-electron chi connectivity index (χ1n) is 5.76. The first-order valence-corrected chi connectivity index (χ1v) is 5.76. The van der Waals surface area contributed by atoms with Crippen molar-refractivity contribution in [1.29, 1.82) is 0 Å². The minimum atomic E-state index is -0.880. The van der Waals surface area contributed by atoms with Gasteiger partial charge in [-0.15, -0.1) is 10.2 Å². The van der Waals surface area contributed by atoms with E-state index in [0.717, 1.165) is 12.0 Å². The fourth-order valence-corrected chi connectivity index (χ4v) is 2.35. The molecule has 1 saturated carbocycles. The number of nitrogens with zero attached hydrogens (tertiary/aromatic N) is 5. The molecule has 0 aromatic carbocycles. The Labute approximate surface area is 103 Å². The van der Waals surface area contributed by atoms with Gasteiger partial charge in [-0.3, -0.25) is 9.25 Å². The summed E-state index contributed by atoms with van der Waals surface area (Å²) in [7, 11) is 1.81. The van der Waals surface area contributed by atoms with E-state index in [1.807, 2.05) is 0 Å². The monoisotopic (exact) mass is 247 g/mol. The van der Waals surface area contributed by atoms with E-state index in [0.29, 0.717) is 18.7 Å². The summed E-state index contributed by atoms with van der Waals surface area (Å²) >= 11 is 0. The number of hydrogen-bond donors (Lipinski definition) is 1. The molecule has 7 heteroatoms. The molecule has 1 fully saturated rings. The highest BCUT2D eigenvalue weighted by molar-refractivity contribution is 5.79. The molecule has 0 radical (unpaired) electrons.